The Kier molecular flexibility index (Phi) is 5.94. The van der Waals surface area contributed by atoms with Crippen molar-refractivity contribution in [2.75, 3.05) is 25.8 Å². The van der Waals surface area contributed by atoms with Gasteiger partial charge in [0.15, 0.2) is 6.29 Å². The van der Waals surface area contributed by atoms with Crippen molar-refractivity contribution < 1.29 is 9.47 Å². The average molecular weight is 270 g/mol. The van der Waals surface area contributed by atoms with Crippen molar-refractivity contribution in [2.24, 2.45) is 0 Å². The van der Waals surface area contributed by atoms with Crippen LogP contribution in [0, 0.1) is 0 Å². The summed E-state index contributed by atoms with van der Waals surface area (Å²) in [4.78, 5) is 2.30. The Morgan fingerprint density at radius 3 is 2.94 bits per heavy atom. The van der Waals surface area contributed by atoms with Gasteiger partial charge in [-0.3, -0.25) is 4.90 Å². The molecule has 0 amide bonds. The molecule has 0 aromatic heterocycles. The Morgan fingerprint density at radius 1 is 1.33 bits per heavy atom. The second-order valence-corrected chi connectivity index (χ2v) is 4.84. The molecule has 0 saturated carbocycles. The molecule has 3 nitrogen and oxygen atoms in total. The first-order valence-electron chi connectivity index (χ1n) is 6.44. The molecule has 1 aliphatic rings. The SMILES string of the molecule is ClCCOC1CCCN(Cc2ccccc2)CO1. The smallest absolute Gasteiger partial charge is 0.159 e. The van der Waals surface area contributed by atoms with Gasteiger partial charge in [-0.2, -0.15) is 0 Å². The molecule has 0 bridgehead atoms. The van der Waals surface area contributed by atoms with Gasteiger partial charge in [-0.1, -0.05) is 30.3 Å². The topological polar surface area (TPSA) is 21.7 Å². The summed E-state index contributed by atoms with van der Waals surface area (Å²) in [5.74, 6) is 0.521. The van der Waals surface area contributed by atoms with Gasteiger partial charge in [-0.25, -0.2) is 0 Å². The van der Waals surface area contributed by atoms with E-state index in [1.165, 1.54) is 5.56 Å². The largest absolute Gasteiger partial charge is 0.351 e. The molecule has 1 aromatic carbocycles. The van der Waals surface area contributed by atoms with E-state index < -0.39 is 0 Å². The zero-order chi connectivity index (χ0) is 12.6. The summed E-state index contributed by atoms with van der Waals surface area (Å²) in [6.07, 6.45) is 1.95. The van der Waals surface area contributed by atoms with E-state index in [4.69, 9.17) is 21.1 Å². The molecule has 1 aromatic rings. The summed E-state index contributed by atoms with van der Waals surface area (Å²) >= 11 is 5.61. The number of ether oxygens (including phenoxy) is 2. The van der Waals surface area contributed by atoms with Crippen LogP contribution in [0.2, 0.25) is 0 Å². The van der Waals surface area contributed by atoms with Crippen LogP contribution in [0.1, 0.15) is 18.4 Å². The van der Waals surface area contributed by atoms with Gasteiger partial charge in [-0.15, -0.1) is 11.6 Å². The monoisotopic (exact) mass is 269 g/mol. The maximum Gasteiger partial charge on any atom is 0.159 e. The lowest BCUT2D eigenvalue weighted by Gasteiger charge is -2.20. The second kappa shape index (κ2) is 7.74. The number of rotatable bonds is 5. The molecule has 0 spiro atoms. The molecule has 18 heavy (non-hydrogen) atoms. The van der Waals surface area contributed by atoms with Crippen LogP contribution in [0.25, 0.3) is 0 Å². The van der Waals surface area contributed by atoms with Crippen molar-refractivity contribution >= 4 is 11.6 Å². The van der Waals surface area contributed by atoms with E-state index in [0.29, 0.717) is 19.2 Å². The van der Waals surface area contributed by atoms with Gasteiger partial charge in [0.05, 0.1) is 6.61 Å². The lowest BCUT2D eigenvalue weighted by Crippen LogP contribution is -2.26. The molecule has 0 N–H and O–H groups in total. The highest BCUT2D eigenvalue weighted by molar-refractivity contribution is 6.17. The van der Waals surface area contributed by atoms with Crippen LogP contribution in [0.15, 0.2) is 30.3 Å². The molecule has 1 heterocycles. The minimum atomic E-state index is -0.0930. The molecule has 4 heteroatoms. The molecule has 0 aliphatic carbocycles. The number of halogens is 1. The number of nitrogens with zero attached hydrogens (tertiary/aromatic N) is 1. The third-order valence-corrected chi connectivity index (χ3v) is 3.14. The molecule has 1 saturated heterocycles. The summed E-state index contributed by atoms with van der Waals surface area (Å²) in [5, 5.41) is 0. The molecule has 0 radical (unpaired) electrons. The Hall–Kier alpha value is -0.610. The summed E-state index contributed by atoms with van der Waals surface area (Å²) in [6, 6.07) is 10.5. The van der Waals surface area contributed by atoms with Crippen molar-refractivity contribution in [1.29, 1.82) is 0 Å². The second-order valence-electron chi connectivity index (χ2n) is 4.47. The lowest BCUT2D eigenvalue weighted by atomic mass is 10.2. The number of benzene rings is 1. The first-order valence-corrected chi connectivity index (χ1v) is 6.97. The van der Waals surface area contributed by atoms with E-state index in [0.717, 1.165) is 25.9 Å². The van der Waals surface area contributed by atoms with Gasteiger partial charge in [0.1, 0.15) is 6.73 Å². The Labute approximate surface area is 114 Å². The van der Waals surface area contributed by atoms with Crippen molar-refractivity contribution in [1.82, 2.24) is 4.90 Å². The van der Waals surface area contributed by atoms with Gasteiger partial charge in [0, 0.05) is 19.0 Å². The van der Waals surface area contributed by atoms with Crippen LogP contribution in [0.5, 0.6) is 0 Å². The summed E-state index contributed by atoms with van der Waals surface area (Å²) < 4.78 is 11.3. The average Bonchev–Trinajstić information content (AvgIpc) is 2.63. The normalized spacial score (nSPS) is 21.7. The fourth-order valence-corrected chi connectivity index (χ4v) is 2.18. The van der Waals surface area contributed by atoms with Crippen molar-refractivity contribution in [3.63, 3.8) is 0 Å². The fraction of sp³-hybridized carbons (Fsp3) is 0.571. The number of hydrogen-bond acceptors (Lipinski definition) is 3. The molecule has 1 atom stereocenters. The van der Waals surface area contributed by atoms with Gasteiger partial charge < -0.3 is 9.47 Å². The predicted molar refractivity (Wildman–Crippen MR) is 72.5 cm³/mol. The summed E-state index contributed by atoms with van der Waals surface area (Å²) in [7, 11) is 0. The molecule has 1 unspecified atom stereocenters. The van der Waals surface area contributed by atoms with Gasteiger partial charge in [-0.05, 0) is 18.4 Å². The van der Waals surface area contributed by atoms with Crippen LogP contribution in [0.4, 0.5) is 0 Å². The molecule has 100 valence electrons. The number of hydrogen-bond donors (Lipinski definition) is 0. The standard InChI is InChI=1S/C14H20ClNO2/c15-8-10-17-14-7-4-9-16(12-18-14)11-13-5-2-1-3-6-13/h1-3,5-6,14H,4,7-12H2. The molecular weight excluding hydrogens is 250 g/mol. The van der Waals surface area contributed by atoms with Crippen LogP contribution in [-0.4, -0.2) is 37.0 Å². The van der Waals surface area contributed by atoms with Crippen LogP contribution < -0.4 is 0 Å². The van der Waals surface area contributed by atoms with E-state index in [-0.39, 0.29) is 6.29 Å². The number of alkyl halides is 1. The molecule has 1 fully saturated rings. The van der Waals surface area contributed by atoms with Gasteiger partial charge >= 0.3 is 0 Å². The minimum Gasteiger partial charge on any atom is -0.351 e. The Bertz CT molecular complexity index is 334. The van der Waals surface area contributed by atoms with Crippen LogP contribution in [0.3, 0.4) is 0 Å². The van der Waals surface area contributed by atoms with Gasteiger partial charge in [0.2, 0.25) is 0 Å². The maximum atomic E-state index is 5.73. The minimum absolute atomic E-state index is 0.0930. The zero-order valence-electron chi connectivity index (χ0n) is 10.6. The van der Waals surface area contributed by atoms with E-state index in [9.17, 15) is 0 Å². The van der Waals surface area contributed by atoms with Gasteiger partial charge in [0.25, 0.3) is 0 Å². The Balaban J connectivity index is 1.78. The molecular formula is C14H20ClNO2. The highest BCUT2D eigenvalue weighted by Crippen LogP contribution is 2.14. The maximum absolute atomic E-state index is 5.73. The molecule has 1 aliphatic heterocycles. The molecule has 2 rings (SSSR count). The van der Waals surface area contributed by atoms with Crippen molar-refractivity contribution in [3.05, 3.63) is 35.9 Å². The fourth-order valence-electron chi connectivity index (χ4n) is 2.09. The highest BCUT2D eigenvalue weighted by atomic mass is 35.5. The third kappa shape index (κ3) is 4.58. The summed E-state index contributed by atoms with van der Waals surface area (Å²) in [5.41, 5.74) is 1.32. The first-order chi connectivity index (χ1) is 8.88. The quantitative estimate of drug-likeness (QED) is 0.768. The predicted octanol–water partition coefficient (Wildman–Crippen LogP) is 2.84. The van der Waals surface area contributed by atoms with Crippen molar-refractivity contribution in [2.45, 2.75) is 25.7 Å². The van der Waals surface area contributed by atoms with Crippen molar-refractivity contribution in [3.8, 4) is 0 Å². The van der Waals surface area contributed by atoms with Crippen LogP contribution in [-0.2, 0) is 16.0 Å². The third-order valence-electron chi connectivity index (χ3n) is 2.99. The van der Waals surface area contributed by atoms with Crippen LogP contribution >= 0.6 is 11.6 Å². The zero-order valence-corrected chi connectivity index (χ0v) is 11.3. The Morgan fingerprint density at radius 2 is 2.17 bits per heavy atom. The highest BCUT2D eigenvalue weighted by Gasteiger charge is 2.17. The van der Waals surface area contributed by atoms with E-state index in [1.54, 1.807) is 0 Å². The lowest BCUT2D eigenvalue weighted by molar-refractivity contribution is -0.155. The summed E-state index contributed by atoms with van der Waals surface area (Å²) in [6.45, 7) is 3.17. The van der Waals surface area contributed by atoms with E-state index in [1.807, 2.05) is 6.07 Å². The first kappa shape index (κ1) is 13.8. The van der Waals surface area contributed by atoms with E-state index in [2.05, 4.69) is 29.2 Å². The van der Waals surface area contributed by atoms with E-state index >= 15 is 0 Å².